The number of non-ortho nitro benzene ring substituents is 1. The Hall–Kier alpha value is -4.63. The summed E-state index contributed by atoms with van der Waals surface area (Å²) in [5.41, 5.74) is 0.00765. The summed E-state index contributed by atoms with van der Waals surface area (Å²) in [7, 11) is 0. The molecule has 12 nitrogen and oxygen atoms in total. The van der Waals surface area contributed by atoms with Gasteiger partial charge in [0.25, 0.3) is 11.2 Å². The number of nitro benzene ring substituents is 1. The SMILES string of the molecule is N#CC1C(=O)Nc2nc(NCc3ccc4c(c3)OCCCO4)[nH]c(=O)c2C1c1cc([N+](=O)[O-])ccc1Cl. The number of benzene rings is 2. The summed E-state index contributed by atoms with van der Waals surface area (Å²) in [4.78, 5) is 43.6. The van der Waals surface area contributed by atoms with Crippen LogP contribution in [0.1, 0.15) is 29.0 Å². The number of hydrogen-bond donors (Lipinski definition) is 3. The summed E-state index contributed by atoms with van der Waals surface area (Å²) >= 11 is 6.30. The van der Waals surface area contributed by atoms with Gasteiger partial charge in [-0.2, -0.15) is 10.2 Å². The number of H-pyrrole nitrogens is 1. The molecular formula is C24H19ClN6O6. The van der Waals surface area contributed by atoms with Crippen molar-refractivity contribution in [2.24, 2.45) is 5.92 Å². The van der Waals surface area contributed by atoms with Crippen LogP contribution in [0.4, 0.5) is 17.5 Å². The number of nitro groups is 1. The summed E-state index contributed by atoms with van der Waals surface area (Å²) < 4.78 is 11.3. The van der Waals surface area contributed by atoms with E-state index in [4.69, 9.17) is 21.1 Å². The highest BCUT2D eigenvalue weighted by Gasteiger charge is 2.41. The molecule has 2 atom stereocenters. The van der Waals surface area contributed by atoms with E-state index < -0.39 is 28.2 Å². The van der Waals surface area contributed by atoms with E-state index in [0.717, 1.165) is 18.1 Å². The minimum absolute atomic E-state index is 0.0188. The maximum absolute atomic E-state index is 13.2. The van der Waals surface area contributed by atoms with Gasteiger partial charge in [0.15, 0.2) is 11.5 Å². The maximum atomic E-state index is 13.2. The molecule has 3 N–H and O–H groups in total. The number of aromatic nitrogens is 2. The van der Waals surface area contributed by atoms with Crippen LogP contribution in [0, 0.1) is 27.4 Å². The third-order valence-electron chi connectivity index (χ3n) is 6.06. The van der Waals surface area contributed by atoms with Crippen LogP contribution in [-0.4, -0.2) is 34.0 Å². The second-order valence-electron chi connectivity index (χ2n) is 8.40. The Labute approximate surface area is 214 Å². The molecule has 1 aromatic heterocycles. The minimum atomic E-state index is -1.35. The van der Waals surface area contributed by atoms with E-state index in [1.807, 2.05) is 18.2 Å². The van der Waals surface area contributed by atoms with Crippen molar-refractivity contribution < 1.29 is 19.2 Å². The van der Waals surface area contributed by atoms with Crippen molar-refractivity contribution >= 4 is 35.0 Å². The van der Waals surface area contributed by atoms with Gasteiger partial charge in [0.05, 0.1) is 29.8 Å². The fraction of sp³-hybridized carbons (Fsp3) is 0.250. The topological polar surface area (TPSA) is 172 Å². The van der Waals surface area contributed by atoms with E-state index in [9.17, 15) is 25.0 Å². The molecule has 0 saturated carbocycles. The van der Waals surface area contributed by atoms with Gasteiger partial charge in [0.1, 0.15) is 11.7 Å². The number of rotatable bonds is 5. The van der Waals surface area contributed by atoms with Crippen LogP contribution >= 0.6 is 11.6 Å². The van der Waals surface area contributed by atoms with Crippen molar-refractivity contribution in [3.63, 3.8) is 0 Å². The van der Waals surface area contributed by atoms with Crippen molar-refractivity contribution in [1.29, 1.82) is 5.26 Å². The number of ether oxygens (including phenoxy) is 2. The molecule has 37 heavy (non-hydrogen) atoms. The third-order valence-corrected chi connectivity index (χ3v) is 6.40. The fourth-order valence-corrected chi connectivity index (χ4v) is 4.55. The Morgan fingerprint density at radius 3 is 2.73 bits per heavy atom. The molecule has 0 radical (unpaired) electrons. The first-order chi connectivity index (χ1) is 17.9. The summed E-state index contributed by atoms with van der Waals surface area (Å²) in [6.45, 7) is 1.39. The summed E-state index contributed by atoms with van der Waals surface area (Å²) in [6.07, 6.45) is 0.781. The zero-order valence-electron chi connectivity index (χ0n) is 19.1. The number of nitrogens with one attached hydrogen (secondary N) is 3. The first-order valence-corrected chi connectivity index (χ1v) is 11.6. The molecule has 2 aromatic carbocycles. The normalized spacial score (nSPS) is 18.1. The molecule has 188 valence electrons. The molecule has 13 heteroatoms. The molecule has 3 aromatic rings. The third kappa shape index (κ3) is 4.64. The predicted molar refractivity (Wildman–Crippen MR) is 132 cm³/mol. The number of amides is 1. The number of anilines is 2. The van der Waals surface area contributed by atoms with E-state index in [0.29, 0.717) is 24.7 Å². The van der Waals surface area contributed by atoms with Crippen molar-refractivity contribution in [3.05, 3.63) is 78.6 Å². The number of aromatic amines is 1. The molecule has 0 aliphatic carbocycles. The van der Waals surface area contributed by atoms with Crippen LogP contribution in [0.25, 0.3) is 0 Å². The van der Waals surface area contributed by atoms with E-state index >= 15 is 0 Å². The zero-order chi connectivity index (χ0) is 26.1. The Bertz CT molecular complexity index is 1520. The largest absolute Gasteiger partial charge is 0.490 e. The first kappa shape index (κ1) is 24.1. The van der Waals surface area contributed by atoms with Crippen LogP contribution in [0.3, 0.4) is 0 Å². The number of nitriles is 1. The van der Waals surface area contributed by atoms with E-state index in [1.165, 1.54) is 12.1 Å². The van der Waals surface area contributed by atoms with Crippen LogP contribution in [0.2, 0.25) is 5.02 Å². The fourth-order valence-electron chi connectivity index (χ4n) is 4.32. The highest BCUT2D eigenvalue weighted by Crippen LogP contribution is 2.42. The van der Waals surface area contributed by atoms with Gasteiger partial charge in [0.2, 0.25) is 11.9 Å². The minimum Gasteiger partial charge on any atom is -0.490 e. The number of fused-ring (bicyclic) bond motifs is 2. The zero-order valence-corrected chi connectivity index (χ0v) is 19.9. The monoisotopic (exact) mass is 522 g/mol. The predicted octanol–water partition coefficient (Wildman–Crippen LogP) is 3.33. The van der Waals surface area contributed by atoms with E-state index in [-0.39, 0.29) is 40.1 Å². The number of hydrogen-bond acceptors (Lipinski definition) is 9. The molecule has 0 spiro atoms. The van der Waals surface area contributed by atoms with E-state index in [1.54, 1.807) is 6.07 Å². The summed E-state index contributed by atoms with van der Waals surface area (Å²) in [6, 6.07) is 11.0. The smallest absolute Gasteiger partial charge is 0.269 e. The Morgan fingerprint density at radius 2 is 1.97 bits per heavy atom. The Morgan fingerprint density at radius 1 is 1.19 bits per heavy atom. The molecule has 0 saturated heterocycles. The van der Waals surface area contributed by atoms with Crippen molar-refractivity contribution in [2.75, 3.05) is 23.8 Å². The van der Waals surface area contributed by atoms with Gasteiger partial charge < -0.3 is 20.1 Å². The average molecular weight is 523 g/mol. The number of carbonyl (C=O) groups is 1. The Kier molecular flexibility index (Phi) is 6.37. The molecule has 2 unspecified atom stereocenters. The number of halogens is 1. The van der Waals surface area contributed by atoms with Crippen molar-refractivity contribution in [3.8, 4) is 17.6 Å². The second-order valence-corrected chi connectivity index (χ2v) is 8.81. The standard InChI is InChI=1S/C24H19ClN6O6/c25-16-4-3-13(31(34)35)9-14(16)19-15(10-26)22(32)28-21-20(19)23(33)30-24(29-21)27-11-12-2-5-17-18(8-12)37-7-1-6-36-17/h2-5,8-9,15,19H,1,6-7,11H2,(H3,27,28,29,30,32,33). The van der Waals surface area contributed by atoms with Gasteiger partial charge in [-0.15, -0.1) is 0 Å². The van der Waals surface area contributed by atoms with Crippen molar-refractivity contribution in [1.82, 2.24) is 9.97 Å². The molecule has 1 amide bonds. The Balaban J connectivity index is 1.48. The highest BCUT2D eigenvalue weighted by molar-refractivity contribution is 6.31. The van der Waals surface area contributed by atoms with Crippen LogP contribution in [0.5, 0.6) is 11.5 Å². The van der Waals surface area contributed by atoms with Crippen LogP contribution in [-0.2, 0) is 11.3 Å². The second kappa shape index (κ2) is 9.79. The lowest BCUT2D eigenvalue weighted by Crippen LogP contribution is -2.38. The van der Waals surface area contributed by atoms with Gasteiger partial charge in [-0.05, 0) is 29.3 Å². The number of carbonyl (C=O) groups excluding carboxylic acids is 1. The summed E-state index contributed by atoms with van der Waals surface area (Å²) in [5, 5.41) is 26.6. The lowest BCUT2D eigenvalue weighted by Gasteiger charge is -2.28. The molecular weight excluding hydrogens is 504 g/mol. The lowest BCUT2D eigenvalue weighted by molar-refractivity contribution is -0.384. The summed E-state index contributed by atoms with van der Waals surface area (Å²) in [5.74, 6) is -1.92. The highest BCUT2D eigenvalue weighted by atomic mass is 35.5. The first-order valence-electron chi connectivity index (χ1n) is 11.3. The number of nitrogens with zero attached hydrogens (tertiary/aromatic N) is 3. The average Bonchev–Trinajstić information content (AvgIpc) is 3.12. The molecule has 3 heterocycles. The van der Waals surface area contributed by atoms with Gasteiger partial charge in [0, 0.05) is 36.0 Å². The maximum Gasteiger partial charge on any atom is 0.269 e. The molecule has 0 fully saturated rings. The van der Waals surface area contributed by atoms with E-state index in [2.05, 4.69) is 20.6 Å². The van der Waals surface area contributed by atoms with Gasteiger partial charge in [-0.25, -0.2) is 0 Å². The molecule has 2 aliphatic rings. The van der Waals surface area contributed by atoms with Gasteiger partial charge in [-0.3, -0.25) is 24.7 Å². The van der Waals surface area contributed by atoms with Crippen molar-refractivity contribution in [2.45, 2.75) is 18.9 Å². The van der Waals surface area contributed by atoms with Gasteiger partial charge >= 0.3 is 0 Å². The molecule has 2 aliphatic heterocycles. The lowest BCUT2D eigenvalue weighted by atomic mass is 9.79. The van der Waals surface area contributed by atoms with Crippen LogP contribution in [0.15, 0.2) is 41.2 Å². The quantitative estimate of drug-likeness (QED) is 0.335. The molecule has 0 bridgehead atoms. The molecule has 5 rings (SSSR count). The van der Waals surface area contributed by atoms with Gasteiger partial charge in [-0.1, -0.05) is 17.7 Å². The van der Waals surface area contributed by atoms with Crippen LogP contribution < -0.4 is 25.7 Å².